The molecule has 1 aromatic carbocycles. The number of hydrogen-bond donors (Lipinski definition) is 2. The van der Waals surface area contributed by atoms with Crippen LogP contribution in [0.25, 0.3) is 0 Å². The van der Waals surface area contributed by atoms with Gasteiger partial charge in [-0.1, -0.05) is 12.1 Å². The van der Waals surface area contributed by atoms with E-state index in [1.165, 1.54) is 16.3 Å². The van der Waals surface area contributed by atoms with Crippen molar-refractivity contribution in [3.63, 3.8) is 0 Å². The first kappa shape index (κ1) is 22.8. The van der Waals surface area contributed by atoms with Crippen molar-refractivity contribution in [3.05, 3.63) is 47.3 Å². The quantitative estimate of drug-likeness (QED) is 0.346. The van der Waals surface area contributed by atoms with Gasteiger partial charge in [-0.25, -0.2) is 4.99 Å². The lowest BCUT2D eigenvalue weighted by molar-refractivity contribution is 0.463. The molecule has 7 heteroatoms. The van der Waals surface area contributed by atoms with Gasteiger partial charge in [0.2, 0.25) is 0 Å². The summed E-state index contributed by atoms with van der Waals surface area (Å²) in [5, 5.41) is 10.6. The number of guanidine groups is 1. The number of thiophene rings is 1. The molecule has 3 rings (SSSR count). The van der Waals surface area contributed by atoms with Crippen molar-refractivity contribution in [2.24, 2.45) is 4.99 Å². The fraction of sp³-hybridized carbons (Fsp3) is 0.476. The van der Waals surface area contributed by atoms with Gasteiger partial charge in [0, 0.05) is 45.5 Å². The summed E-state index contributed by atoms with van der Waals surface area (Å²) in [4.78, 5) is 9.39. The van der Waals surface area contributed by atoms with Gasteiger partial charge >= 0.3 is 0 Å². The molecule has 1 aliphatic rings. The Balaban J connectivity index is 0.00000280. The minimum absolute atomic E-state index is 0. The van der Waals surface area contributed by atoms with Gasteiger partial charge in [-0.05, 0) is 55.0 Å². The van der Waals surface area contributed by atoms with Crippen LogP contribution in [-0.4, -0.2) is 45.7 Å². The van der Waals surface area contributed by atoms with Crippen molar-refractivity contribution in [2.45, 2.75) is 32.4 Å². The number of halogens is 1. The predicted molar refractivity (Wildman–Crippen MR) is 134 cm³/mol. The molecule has 1 saturated heterocycles. The Labute approximate surface area is 190 Å². The molecular weight excluding hydrogens is 481 g/mol. The SMILES string of the molecule is CCNC(=NCc1ccc(N(C)C)cc1)NC1CCN(c2cccs2)CC1.I. The molecule has 1 aliphatic heterocycles. The Kier molecular flexibility index (Phi) is 9.37. The molecule has 0 bridgehead atoms. The average Bonchev–Trinajstić information content (AvgIpc) is 3.22. The van der Waals surface area contributed by atoms with Gasteiger partial charge in [-0.3, -0.25) is 0 Å². The summed E-state index contributed by atoms with van der Waals surface area (Å²) >= 11 is 1.83. The Hall–Kier alpha value is -1.48. The highest BCUT2D eigenvalue weighted by molar-refractivity contribution is 14.0. The second kappa shape index (κ2) is 11.5. The van der Waals surface area contributed by atoms with Gasteiger partial charge < -0.3 is 20.4 Å². The van der Waals surface area contributed by atoms with Crippen molar-refractivity contribution in [1.82, 2.24) is 10.6 Å². The van der Waals surface area contributed by atoms with Crippen LogP contribution in [0.2, 0.25) is 0 Å². The second-order valence-electron chi connectivity index (χ2n) is 7.11. The van der Waals surface area contributed by atoms with Crippen LogP contribution in [0, 0.1) is 0 Å². The highest BCUT2D eigenvalue weighted by Crippen LogP contribution is 2.24. The summed E-state index contributed by atoms with van der Waals surface area (Å²) < 4.78 is 0. The molecule has 1 aromatic heterocycles. The number of nitrogens with one attached hydrogen (secondary N) is 2. The van der Waals surface area contributed by atoms with E-state index in [0.29, 0.717) is 12.6 Å². The molecule has 0 amide bonds. The minimum atomic E-state index is 0. The fourth-order valence-electron chi connectivity index (χ4n) is 3.28. The maximum absolute atomic E-state index is 4.79. The molecule has 0 aliphatic carbocycles. The molecule has 2 heterocycles. The molecule has 1 fully saturated rings. The van der Waals surface area contributed by atoms with E-state index in [1.54, 1.807) is 0 Å². The largest absolute Gasteiger partial charge is 0.378 e. The number of hydrogen-bond acceptors (Lipinski definition) is 4. The van der Waals surface area contributed by atoms with E-state index in [9.17, 15) is 0 Å². The molecule has 0 radical (unpaired) electrons. The van der Waals surface area contributed by atoms with Crippen LogP contribution in [0.5, 0.6) is 0 Å². The highest BCUT2D eigenvalue weighted by Gasteiger charge is 2.20. The van der Waals surface area contributed by atoms with Crippen LogP contribution in [0.1, 0.15) is 25.3 Å². The topological polar surface area (TPSA) is 42.9 Å². The lowest BCUT2D eigenvalue weighted by Gasteiger charge is -2.33. The first-order valence-corrected chi connectivity index (χ1v) is 10.6. The van der Waals surface area contributed by atoms with Crippen molar-refractivity contribution in [2.75, 3.05) is 43.5 Å². The van der Waals surface area contributed by atoms with E-state index >= 15 is 0 Å². The van der Waals surface area contributed by atoms with Gasteiger partial charge in [0.1, 0.15) is 0 Å². The van der Waals surface area contributed by atoms with Crippen molar-refractivity contribution < 1.29 is 0 Å². The molecular formula is C21H32IN5S. The van der Waals surface area contributed by atoms with Gasteiger partial charge in [0.05, 0.1) is 11.5 Å². The van der Waals surface area contributed by atoms with E-state index in [1.807, 2.05) is 11.3 Å². The maximum atomic E-state index is 4.79. The van der Waals surface area contributed by atoms with Gasteiger partial charge in [0.15, 0.2) is 5.96 Å². The Bertz CT molecular complexity index is 707. The fourth-order valence-corrected chi connectivity index (χ4v) is 4.06. The maximum Gasteiger partial charge on any atom is 0.191 e. The molecule has 5 nitrogen and oxygen atoms in total. The Morgan fingerprint density at radius 3 is 2.46 bits per heavy atom. The standard InChI is InChI=1S/C21H31N5S.HI/c1-4-22-21(23-16-17-7-9-19(10-8-17)25(2)3)24-18-11-13-26(14-12-18)20-6-5-15-27-20;/h5-10,15,18H,4,11-14,16H2,1-3H3,(H2,22,23,24);1H. The first-order chi connectivity index (χ1) is 13.2. The van der Waals surface area contributed by atoms with E-state index in [0.717, 1.165) is 38.4 Å². The molecule has 154 valence electrons. The summed E-state index contributed by atoms with van der Waals surface area (Å²) in [7, 11) is 4.12. The third-order valence-electron chi connectivity index (χ3n) is 4.87. The summed E-state index contributed by atoms with van der Waals surface area (Å²) in [5.74, 6) is 0.920. The third kappa shape index (κ3) is 6.55. The summed E-state index contributed by atoms with van der Waals surface area (Å²) in [6.45, 7) is 5.88. The third-order valence-corrected chi connectivity index (χ3v) is 5.80. The van der Waals surface area contributed by atoms with Crippen LogP contribution < -0.4 is 20.4 Å². The van der Waals surface area contributed by atoms with Crippen LogP contribution in [-0.2, 0) is 6.54 Å². The predicted octanol–water partition coefficient (Wildman–Crippen LogP) is 4.16. The second-order valence-corrected chi connectivity index (χ2v) is 8.04. The van der Waals surface area contributed by atoms with Gasteiger partial charge in [-0.2, -0.15) is 0 Å². The molecule has 0 atom stereocenters. The molecule has 0 spiro atoms. The lowest BCUT2D eigenvalue weighted by atomic mass is 10.1. The summed E-state index contributed by atoms with van der Waals surface area (Å²) in [6.07, 6.45) is 2.28. The lowest BCUT2D eigenvalue weighted by Crippen LogP contribution is -2.48. The highest BCUT2D eigenvalue weighted by atomic mass is 127. The zero-order valence-electron chi connectivity index (χ0n) is 17.0. The summed E-state index contributed by atoms with van der Waals surface area (Å²) in [5.41, 5.74) is 2.44. The number of benzene rings is 1. The van der Waals surface area contributed by atoms with Gasteiger partial charge in [-0.15, -0.1) is 35.3 Å². The van der Waals surface area contributed by atoms with Crippen LogP contribution in [0.4, 0.5) is 10.7 Å². The van der Waals surface area contributed by atoms with Crippen LogP contribution >= 0.6 is 35.3 Å². The minimum Gasteiger partial charge on any atom is -0.378 e. The van der Waals surface area contributed by atoms with Crippen LogP contribution in [0.15, 0.2) is 46.8 Å². The number of piperidine rings is 1. The monoisotopic (exact) mass is 513 g/mol. The van der Waals surface area contributed by atoms with Crippen molar-refractivity contribution in [3.8, 4) is 0 Å². The molecule has 2 aromatic rings. The van der Waals surface area contributed by atoms with E-state index in [2.05, 4.69) is 83.2 Å². The van der Waals surface area contributed by atoms with E-state index in [4.69, 9.17) is 4.99 Å². The van der Waals surface area contributed by atoms with E-state index in [-0.39, 0.29) is 24.0 Å². The van der Waals surface area contributed by atoms with E-state index < -0.39 is 0 Å². The Morgan fingerprint density at radius 1 is 1.18 bits per heavy atom. The number of anilines is 2. The van der Waals surface area contributed by atoms with Gasteiger partial charge in [0.25, 0.3) is 0 Å². The van der Waals surface area contributed by atoms with Crippen molar-refractivity contribution in [1.29, 1.82) is 0 Å². The van der Waals surface area contributed by atoms with Crippen molar-refractivity contribution >= 4 is 52.0 Å². The first-order valence-electron chi connectivity index (χ1n) is 9.75. The number of nitrogens with zero attached hydrogens (tertiary/aromatic N) is 3. The molecule has 0 saturated carbocycles. The Morgan fingerprint density at radius 2 is 1.89 bits per heavy atom. The zero-order valence-corrected chi connectivity index (χ0v) is 20.2. The number of rotatable bonds is 6. The normalized spacial score (nSPS) is 15.1. The molecule has 2 N–H and O–H groups in total. The van der Waals surface area contributed by atoms with Crippen LogP contribution in [0.3, 0.4) is 0 Å². The molecule has 28 heavy (non-hydrogen) atoms. The smallest absolute Gasteiger partial charge is 0.191 e. The number of aliphatic imine (C=N–C) groups is 1. The molecule has 0 unspecified atom stereocenters. The zero-order chi connectivity index (χ0) is 19.1. The average molecular weight is 513 g/mol. The summed E-state index contributed by atoms with van der Waals surface area (Å²) in [6, 6.07) is 13.4.